The van der Waals surface area contributed by atoms with Crippen molar-refractivity contribution in [3.63, 3.8) is 0 Å². The number of rotatable bonds is 7. The Bertz CT molecular complexity index is 791. The quantitative estimate of drug-likeness (QED) is 0.780. The van der Waals surface area contributed by atoms with Gasteiger partial charge in [-0.05, 0) is 56.6 Å². The summed E-state index contributed by atoms with van der Waals surface area (Å²) < 4.78 is 5.19. The van der Waals surface area contributed by atoms with Crippen LogP contribution in [0, 0.1) is 5.92 Å². The van der Waals surface area contributed by atoms with Crippen LogP contribution in [-0.2, 0) is 11.2 Å². The first kappa shape index (κ1) is 21.1. The summed E-state index contributed by atoms with van der Waals surface area (Å²) in [5, 5.41) is 3.13. The fraction of sp³-hybridized carbons (Fsp3) is 0.478. The number of piperidine rings is 1. The first-order valence-electron chi connectivity index (χ1n) is 10.3. The number of hydrogen-bond acceptors (Lipinski definition) is 4. The Hall–Kier alpha value is -2.60. The number of nitrogens with zero attached hydrogens (tertiary/aromatic N) is 2. The van der Waals surface area contributed by atoms with Gasteiger partial charge in [-0.1, -0.05) is 31.2 Å². The lowest BCUT2D eigenvalue weighted by Crippen LogP contribution is -2.44. The van der Waals surface area contributed by atoms with Crippen LogP contribution in [0.5, 0.6) is 0 Å². The minimum absolute atomic E-state index is 0.0547. The molecule has 0 radical (unpaired) electrons. The largest absolute Gasteiger partial charge is 0.459 e. The van der Waals surface area contributed by atoms with E-state index in [1.165, 1.54) is 17.4 Å². The molecule has 0 bridgehead atoms. The van der Waals surface area contributed by atoms with Gasteiger partial charge in [0.05, 0.1) is 12.3 Å². The molecule has 1 aliphatic heterocycles. The smallest absolute Gasteiger partial charge is 0.289 e. The molecule has 156 valence electrons. The van der Waals surface area contributed by atoms with Crippen LogP contribution < -0.4 is 5.32 Å². The van der Waals surface area contributed by atoms with Crippen LogP contribution in [0.2, 0.25) is 0 Å². The Morgan fingerprint density at radius 3 is 2.41 bits per heavy atom. The lowest BCUT2D eigenvalue weighted by atomic mass is 9.95. The highest BCUT2D eigenvalue weighted by Gasteiger charge is 2.29. The molecule has 1 unspecified atom stereocenters. The average Bonchev–Trinajstić information content (AvgIpc) is 3.28. The zero-order valence-electron chi connectivity index (χ0n) is 17.6. The van der Waals surface area contributed by atoms with Gasteiger partial charge in [0.15, 0.2) is 5.76 Å². The molecule has 3 rings (SSSR count). The third kappa shape index (κ3) is 5.26. The Balaban J connectivity index is 1.51. The summed E-state index contributed by atoms with van der Waals surface area (Å²) in [6, 6.07) is 12.1. The summed E-state index contributed by atoms with van der Waals surface area (Å²) in [7, 11) is 4.06. The van der Waals surface area contributed by atoms with Gasteiger partial charge in [0.1, 0.15) is 0 Å². The average molecular weight is 398 g/mol. The number of carbonyl (C=O) groups excluding carboxylic acids is 2. The highest BCUT2D eigenvalue weighted by atomic mass is 16.3. The van der Waals surface area contributed by atoms with E-state index in [1.54, 1.807) is 17.0 Å². The lowest BCUT2D eigenvalue weighted by Gasteiger charge is -2.31. The molecule has 1 aromatic carbocycles. The first-order valence-corrected chi connectivity index (χ1v) is 10.3. The molecule has 2 aromatic rings. The van der Waals surface area contributed by atoms with E-state index in [2.05, 4.69) is 41.4 Å². The Morgan fingerprint density at radius 1 is 1.17 bits per heavy atom. The molecular weight excluding hydrogens is 366 g/mol. The van der Waals surface area contributed by atoms with E-state index in [-0.39, 0.29) is 23.8 Å². The first-order chi connectivity index (χ1) is 14.0. The second-order valence-corrected chi connectivity index (χ2v) is 7.86. The van der Waals surface area contributed by atoms with E-state index >= 15 is 0 Å². The van der Waals surface area contributed by atoms with Crippen molar-refractivity contribution >= 4 is 11.8 Å². The van der Waals surface area contributed by atoms with Gasteiger partial charge in [-0.2, -0.15) is 0 Å². The number of furan rings is 1. The van der Waals surface area contributed by atoms with Crippen LogP contribution in [-0.4, -0.2) is 55.3 Å². The maximum Gasteiger partial charge on any atom is 0.289 e. The number of aryl methyl sites for hydroxylation is 1. The van der Waals surface area contributed by atoms with Crippen molar-refractivity contribution in [2.45, 2.75) is 32.2 Å². The molecule has 2 amide bonds. The molecule has 1 aliphatic rings. The Labute approximate surface area is 172 Å². The molecule has 0 saturated carbocycles. The van der Waals surface area contributed by atoms with Gasteiger partial charge in [-0.25, -0.2) is 0 Å². The van der Waals surface area contributed by atoms with Gasteiger partial charge < -0.3 is 19.5 Å². The number of likely N-dealkylation sites (tertiary alicyclic amines) is 1. The van der Waals surface area contributed by atoms with E-state index in [9.17, 15) is 9.59 Å². The van der Waals surface area contributed by atoms with Crippen molar-refractivity contribution < 1.29 is 14.0 Å². The predicted octanol–water partition coefficient (Wildman–Crippen LogP) is 3.11. The highest BCUT2D eigenvalue weighted by molar-refractivity contribution is 5.91. The molecule has 1 aromatic heterocycles. The number of carbonyl (C=O) groups is 2. The third-order valence-electron chi connectivity index (χ3n) is 5.75. The molecule has 1 atom stereocenters. The van der Waals surface area contributed by atoms with Gasteiger partial charge in [0, 0.05) is 25.6 Å². The molecule has 2 heterocycles. The van der Waals surface area contributed by atoms with Crippen molar-refractivity contribution in [2.75, 3.05) is 33.7 Å². The van der Waals surface area contributed by atoms with Crippen LogP contribution in [0.3, 0.4) is 0 Å². The van der Waals surface area contributed by atoms with Crippen molar-refractivity contribution in [1.29, 1.82) is 0 Å². The molecule has 6 heteroatoms. The maximum atomic E-state index is 12.7. The number of benzene rings is 1. The minimum atomic E-state index is -0.0999. The van der Waals surface area contributed by atoms with Crippen LogP contribution in [0.4, 0.5) is 0 Å². The van der Waals surface area contributed by atoms with Crippen molar-refractivity contribution in [1.82, 2.24) is 15.1 Å². The Morgan fingerprint density at radius 2 is 1.86 bits per heavy atom. The van der Waals surface area contributed by atoms with E-state index in [0.29, 0.717) is 38.2 Å². The molecular formula is C23H31N3O3. The van der Waals surface area contributed by atoms with E-state index in [4.69, 9.17) is 4.42 Å². The fourth-order valence-electron chi connectivity index (χ4n) is 3.82. The number of hydrogen-bond donors (Lipinski definition) is 1. The molecule has 1 fully saturated rings. The summed E-state index contributed by atoms with van der Waals surface area (Å²) in [4.78, 5) is 29.0. The van der Waals surface area contributed by atoms with Gasteiger partial charge >= 0.3 is 0 Å². The summed E-state index contributed by atoms with van der Waals surface area (Å²) >= 11 is 0. The normalized spacial score (nSPS) is 16.1. The second kappa shape index (κ2) is 9.74. The minimum Gasteiger partial charge on any atom is -0.459 e. The van der Waals surface area contributed by atoms with Gasteiger partial charge in [-0.3, -0.25) is 9.59 Å². The predicted molar refractivity (Wildman–Crippen MR) is 113 cm³/mol. The summed E-state index contributed by atoms with van der Waals surface area (Å²) in [5.41, 5.74) is 2.51. The molecule has 0 aliphatic carbocycles. The van der Waals surface area contributed by atoms with E-state index < -0.39 is 0 Å². The number of amides is 2. The summed E-state index contributed by atoms with van der Waals surface area (Å²) in [5.74, 6) is 0.279. The number of likely N-dealkylation sites (N-methyl/N-ethyl adjacent to an activating group) is 1. The molecule has 29 heavy (non-hydrogen) atoms. The standard InChI is InChI=1S/C23H31N3O3/c1-4-17-7-9-18(10-8-17)20(25(2)3)16-24-22(27)19-11-13-26(14-12-19)23(28)21-6-5-15-29-21/h5-10,15,19-20H,4,11-14,16H2,1-3H3,(H,24,27). The van der Waals surface area contributed by atoms with Crippen LogP contribution >= 0.6 is 0 Å². The monoisotopic (exact) mass is 397 g/mol. The van der Waals surface area contributed by atoms with Crippen LogP contribution in [0.1, 0.15) is 47.5 Å². The zero-order chi connectivity index (χ0) is 20.8. The van der Waals surface area contributed by atoms with Crippen LogP contribution in [0.15, 0.2) is 47.1 Å². The van der Waals surface area contributed by atoms with Crippen molar-refractivity contribution in [3.8, 4) is 0 Å². The molecule has 0 spiro atoms. The maximum absolute atomic E-state index is 12.7. The Kier molecular flexibility index (Phi) is 7.09. The zero-order valence-corrected chi connectivity index (χ0v) is 17.6. The van der Waals surface area contributed by atoms with Crippen molar-refractivity contribution in [3.05, 3.63) is 59.5 Å². The van der Waals surface area contributed by atoms with Gasteiger partial charge in [0.25, 0.3) is 5.91 Å². The van der Waals surface area contributed by atoms with Crippen LogP contribution in [0.25, 0.3) is 0 Å². The fourth-order valence-corrected chi connectivity index (χ4v) is 3.82. The summed E-state index contributed by atoms with van der Waals surface area (Å²) in [6.45, 7) is 3.87. The number of nitrogens with one attached hydrogen (secondary N) is 1. The summed E-state index contributed by atoms with van der Waals surface area (Å²) in [6.07, 6.45) is 3.88. The second-order valence-electron chi connectivity index (χ2n) is 7.86. The van der Waals surface area contributed by atoms with Gasteiger partial charge in [0.2, 0.25) is 5.91 Å². The topological polar surface area (TPSA) is 65.8 Å². The SMILES string of the molecule is CCc1ccc(C(CNC(=O)C2CCN(C(=O)c3ccco3)CC2)N(C)C)cc1. The van der Waals surface area contributed by atoms with Crippen molar-refractivity contribution in [2.24, 2.45) is 5.92 Å². The van der Waals surface area contributed by atoms with E-state index in [0.717, 1.165) is 6.42 Å². The highest BCUT2D eigenvalue weighted by Crippen LogP contribution is 2.21. The van der Waals surface area contributed by atoms with Gasteiger partial charge in [-0.15, -0.1) is 0 Å². The molecule has 6 nitrogen and oxygen atoms in total. The lowest BCUT2D eigenvalue weighted by molar-refractivity contribution is -0.126. The third-order valence-corrected chi connectivity index (χ3v) is 5.75. The molecule has 1 saturated heterocycles. The van der Waals surface area contributed by atoms with E-state index in [1.807, 2.05) is 14.1 Å². The molecule has 1 N–H and O–H groups in total.